The van der Waals surface area contributed by atoms with Crippen LogP contribution in [0.25, 0.3) is 0 Å². The Kier molecular flexibility index (Phi) is 4.42. The van der Waals surface area contributed by atoms with Crippen LogP contribution in [0.4, 0.5) is 5.13 Å². The monoisotopic (exact) mass is 282 g/mol. The van der Waals surface area contributed by atoms with Gasteiger partial charge in [0.1, 0.15) is 0 Å². The van der Waals surface area contributed by atoms with E-state index in [0.717, 1.165) is 38.2 Å². The highest BCUT2D eigenvalue weighted by Gasteiger charge is 2.29. The molecule has 1 fully saturated rings. The van der Waals surface area contributed by atoms with E-state index in [9.17, 15) is 4.79 Å². The average molecular weight is 282 g/mol. The molecule has 2 rings (SSSR count). The maximum absolute atomic E-state index is 11.9. The number of hydrogen-bond donors (Lipinski definition) is 2. The summed E-state index contributed by atoms with van der Waals surface area (Å²) in [6, 6.07) is 0. The summed E-state index contributed by atoms with van der Waals surface area (Å²) in [5.41, 5.74) is 6.53. The van der Waals surface area contributed by atoms with E-state index in [4.69, 9.17) is 5.73 Å². The number of anilines is 1. The standard InChI is InChI=1S/C13H22N4OS/c1-13(3-5-17(2)6-4-13)9-15-11(18)7-10-8-19-12(14)16-10/h8H,3-7,9H2,1-2H3,(H2,14,16)(H,15,18). The molecule has 1 aliphatic rings. The number of likely N-dealkylation sites (tertiary alicyclic amines) is 1. The van der Waals surface area contributed by atoms with E-state index in [1.165, 1.54) is 11.3 Å². The van der Waals surface area contributed by atoms with Crippen molar-refractivity contribution >= 4 is 22.4 Å². The van der Waals surface area contributed by atoms with Gasteiger partial charge in [-0.3, -0.25) is 4.79 Å². The number of amides is 1. The lowest BCUT2D eigenvalue weighted by Crippen LogP contribution is -2.43. The first-order valence-corrected chi connectivity index (χ1v) is 7.50. The van der Waals surface area contributed by atoms with Crippen LogP contribution in [0, 0.1) is 5.41 Å². The number of thiazole rings is 1. The van der Waals surface area contributed by atoms with Gasteiger partial charge < -0.3 is 16.0 Å². The number of piperidine rings is 1. The number of rotatable bonds is 4. The third-order valence-corrected chi connectivity index (χ3v) is 4.54. The molecule has 1 aromatic rings. The number of nitrogens with two attached hydrogens (primary N) is 1. The highest BCUT2D eigenvalue weighted by atomic mass is 32.1. The quantitative estimate of drug-likeness (QED) is 0.868. The van der Waals surface area contributed by atoms with E-state index in [1.54, 1.807) is 0 Å². The molecule has 0 unspecified atom stereocenters. The first-order valence-electron chi connectivity index (χ1n) is 6.62. The van der Waals surface area contributed by atoms with Crippen LogP contribution in [0.15, 0.2) is 5.38 Å². The summed E-state index contributed by atoms with van der Waals surface area (Å²) < 4.78 is 0. The largest absolute Gasteiger partial charge is 0.375 e. The molecule has 0 atom stereocenters. The van der Waals surface area contributed by atoms with Crippen molar-refractivity contribution in [2.45, 2.75) is 26.2 Å². The molecular formula is C13H22N4OS. The normalized spacial score (nSPS) is 19.3. The molecule has 1 amide bonds. The molecule has 0 radical (unpaired) electrons. The van der Waals surface area contributed by atoms with E-state index >= 15 is 0 Å². The van der Waals surface area contributed by atoms with E-state index in [2.05, 4.69) is 29.2 Å². The Labute approximate surface area is 118 Å². The van der Waals surface area contributed by atoms with Gasteiger partial charge in [-0.1, -0.05) is 6.92 Å². The second-order valence-electron chi connectivity index (χ2n) is 5.74. The van der Waals surface area contributed by atoms with E-state index in [0.29, 0.717) is 11.6 Å². The van der Waals surface area contributed by atoms with Crippen LogP contribution >= 0.6 is 11.3 Å². The zero-order valence-electron chi connectivity index (χ0n) is 11.6. The highest BCUT2D eigenvalue weighted by molar-refractivity contribution is 7.13. The van der Waals surface area contributed by atoms with Crippen molar-refractivity contribution in [3.63, 3.8) is 0 Å². The fraction of sp³-hybridized carbons (Fsp3) is 0.692. The van der Waals surface area contributed by atoms with Gasteiger partial charge in [0, 0.05) is 11.9 Å². The molecule has 1 saturated heterocycles. The fourth-order valence-electron chi connectivity index (χ4n) is 2.28. The topological polar surface area (TPSA) is 71.2 Å². The Balaban J connectivity index is 1.77. The van der Waals surface area contributed by atoms with Crippen LogP contribution in [0.2, 0.25) is 0 Å². The maximum Gasteiger partial charge on any atom is 0.226 e. The van der Waals surface area contributed by atoms with Crippen LogP contribution < -0.4 is 11.1 Å². The zero-order valence-corrected chi connectivity index (χ0v) is 12.4. The van der Waals surface area contributed by atoms with E-state index in [1.807, 2.05) is 5.38 Å². The molecule has 2 heterocycles. The van der Waals surface area contributed by atoms with Crippen molar-refractivity contribution in [1.82, 2.24) is 15.2 Å². The Morgan fingerprint density at radius 2 is 2.26 bits per heavy atom. The molecule has 0 bridgehead atoms. The van der Waals surface area contributed by atoms with Gasteiger partial charge in [-0.25, -0.2) is 4.98 Å². The number of nitrogens with one attached hydrogen (secondary N) is 1. The molecule has 0 aliphatic carbocycles. The van der Waals surface area contributed by atoms with Gasteiger partial charge in [0.15, 0.2) is 5.13 Å². The van der Waals surface area contributed by atoms with Gasteiger partial charge in [-0.2, -0.15) is 0 Å². The molecular weight excluding hydrogens is 260 g/mol. The Morgan fingerprint density at radius 3 is 2.84 bits per heavy atom. The number of aromatic nitrogens is 1. The molecule has 5 nitrogen and oxygen atoms in total. The first-order chi connectivity index (χ1) is 8.97. The molecule has 1 aliphatic heterocycles. The minimum atomic E-state index is 0.0328. The van der Waals surface area contributed by atoms with Crippen molar-refractivity contribution in [2.75, 3.05) is 32.4 Å². The molecule has 3 N–H and O–H groups in total. The van der Waals surface area contributed by atoms with Gasteiger partial charge >= 0.3 is 0 Å². The van der Waals surface area contributed by atoms with Crippen LogP contribution in [-0.4, -0.2) is 42.5 Å². The highest BCUT2D eigenvalue weighted by Crippen LogP contribution is 2.29. The Hall–Kier alpha value is -1.14. The van der Waals surface area contributed by atoms with Gasteiger partial charge in [0.05, 0.1) is 12.1 Å². The molecule has 1 aromatic heterocycles. The molecule has 0 aromatic carbocycles. The Morgan fingerprint density at radius 1 is 1.58 bits per heavy atom. The summed E-state index contributed by atoms with van der Waals surface area (Å²) in [6.45, 7) is 5.21. The molecule has 19 heavy (non-hydrogen) atoms. The third-order valence-electron chi connectivity index (χ3n) is 3.82. The predicted octanol–water partition coefficient (Wildman–Crippen LogP) is 1.12. The molecule has 0 spiro atoms. The third kappa shape index (κ3) is 4.18. The lowest BCUT2D eigenvalue weighted by atomic mass is 9.80. The summed E-state index contributed by atoms with van der Waals surface area (Å²) in [5.74, 6) is 0.0328. The lowest BCUT2D eigenvalue weighted by Gasteiger charge is -2.37. The molecule has 106 valence electrons. The number of hydrogen-bond acceptors (Lipinski definition) is 5. The van der Waals surface area contributed by atoms with Gasteiger partial charge in [-0.15, -0.1) is 11.3 Å². The minimum absolute atomic E-state index is 0.0328. The van der Waals surface area contributed by atoms with Gasteiger partial charge in [0.2, 0.25) is 5.91 Å². The first kappa shape index (κ1) is 14.3. The number of nitrogen functional groups attached to an aromatic ring is 1. The predicted molar refractivity (Wildman–Crippen MR) is 78.1 cm³/mol. The second-order valence-corrected chi connectivity index (χ2v) is 6.63. The van der Waals surface area contributed by atoms with Crippen molar-refractivity contribution in [3.05, 3.63) is 11.1 Å². The number of carbonyl (C=O) groups is 1. The van der Waals surface area contributed by atoms with Crippen molar-refractivity contribution in [3.8, 4) is 0 Å². The van der Waals surface area contributed by atoms with Gasteiger partial charge in [-0.05, 0) is 38.4 Å². The summed E-state index contributed by atoms with van der Waals surface area (Å²) >= 11 is 1.37. The minimum Gasteiger partial charge on any atom is -0.375 e. The van der Waals surface area contributed by atoms with Crippen LogP contribution in [0.1, 0.15) is 25.5 Å². The van der Waals surface area contributed by atoms with Crippen LogP contribution in [0.5, 0.6) is 0 Å². The Bertz CT molecular complexity index is 438. The SMILES string of the molecule is CN1CCC(C)(CNC(=O)Cc2csc(N)n2)CC1. The number of nitrogens with zero attached hydrogens (tertiary/aromatic N) is 2. The number of carbonyl (C=O) groups excluding carboxylic acids is 1. The van der Waals surface area contributed by atoms with Gasteiger partial charge in [0.25, 0.3) is 0 Å². The summed E-state index contributed by atoms with van der Waals surface area (Å²) in [6.07, 6.45) is 2.59. The summed E-state index contributed by atoms with van der Waals surface area (Å²) in [5, 5.41) is 5.39. The average Bonchev–Trinajstić information content (AvgIpc) is 2.77. The summed E-state index contributed by atoms with van der Waals surface area (Å²) in [4.78, 5) is 18.3. The zero-order chi connectivity index (χ0) is 13.9. The maximum atomic E-state index is 11.9. The second kappa shape index (κ2) is 5.88. The van der Waals surface area contributed by atoms with E-state index < -0.39 is 0 Å². The van der Waals surface area contributed by atoms with Crippen LogP contribution in [-0.2, 0) is 11.2 Å². The van der Waals surface area contributed by atoms with Crippen molar-refractivity contribution in [2.24, 2.45) is 5.41 Å². The fourth-order valence-corrected chi connectivity index (χ4v) is 2.84. The van der Waals surface area contributed by atoms with Crippen molar-refractivity contribution < 1.29 is 4.79 Å². The van der Waals surface area contributed by atoms with Crippen molar-refractivity contribution in [1.29, 1.82) is 0 Å². The molecule has 0 saturated carbocycles. The summed E-state index contributed by atoms with van der Waals surface area (Å²) in [7, 11) is 2.14. The smallest absolute Gasteiger partial charge is 0.226 e. The van der Waals surface area contributed by atoms with Crippen LogP contribution in [0.3, 0.4) is 0 Å². The lowest BCUT2D eigenvalue weighted by molar-refractivity contribution is -0.121. The van der Waals surface area contributed by atoms with E-state index in [-0.39, 0.29) is 11.3 Å². The molecule has 6 heteroatoms.